The van der Waals surface area contributed by atoms with E-state index in [4.69, 9.17) is 11.5 Å². The zero-order valence-electron chi connectivity index (χ0n) is 8.72. The molecule has 0 saturated heterocycles. The smallest absolute Gasteiger partial charge is 0.0806 e. The van der Waals surface area contributed by atoms with E-state index in [0.29, 0.717) is 0 Å². The summed E-state index contributed by atoms with van der Waals surface area (Å²) in [7, 11) is 0. The third kappa shape index (κ3) is 1.60. The van der Waals surface area contributed by atoms with Gasteiger partial charge in [-0.3, -0.25) is 4.98 Å². The minimum Gasteiger partial charge on any atom is -0.322 e. The first-order valence-corrected chi connectivity index (χ1v) is 4.97. The Morgan fingerprint density at radius 1 is 1.40 bits per heavy atom. The molecule has 1 aromatic heterocycles. The molecule has 1 aliphatic carbocycles. The van der Waals surface area contributed by atoms with Crippen molar-refractivity contribution in [3.63, 3.8) is 0 Å². The number of nitrogens with two attached hydrogens (primary N) is 2. The maximum Gasteiger partial charge on any atom is 0.0806 e. The number of aromatic nitrogens is 1. The van der Waals surface area contributed by atoms with Crippen molar-refractivity contribution in [2.75, 3.05) is 0 Å². The summed E-state index contributed by atoms with van der Waals surface area (Å²) in [6.07, 6.45) is 9.45. The molecule has 3 heteroatoms. The summed E-state index contributed by atoms with van der Waals surface area (Å²) >= 11 is 0. The molecule has 1 aliphatic rings. The Bertz CT molecular complexity index is 423. The highest BCUT2D eigenvalue weighted by atomic mass is 14.9. The summed E-state index contributed by atoms with van der Waals surface area (Å²) in [6, 6.07) is 3.66. The van der Waals surface area contributed by atoms with Gasteiger partial charge < -0.3 is 11.5 Å². The lowest BCUT2D eigenvalue weighted by Crippen LogP contribution is -2.51. The molecule has 0 spiro atoms. The van der Waals surface area contributed by atoms with E-state index in [1.807, 2.05) is 43.4 Å². The number of hydrogen-bond donors (Lipinski definition) is 2. The van der Waals surface area contributed by atoms with E-state index < -0.39 is 5.54 Å². The van der Waals surface area contributed by atoms with Gasteiger partial charge in [0.05, 0.1) is 5.54 Å². The molecule has 0 amide bonds. The molecule has 0 fully saturated rings. The zero-order chi connectivity index (χ0) is 10.9. The normalized spacial score (nSPS) is 29.4. The Kier molecular flexibility index (Phi) is 2.42. The molecule has 15 heavy (non-hydrogen) atoms. The largest absolute Gasteiger partial charge is 0.322 e. The number of rotatable bonds is 1. The van der Waals surface area contributed by atoms with Gasteiger partial charge in [-0.15, -0.1) is 0 Å². The molecule has 78 valence electrons. The van der Waals surface area contributed by atoms with Crippen molar-refractivity contribution in [2.24, 2.45) is 11.5 Å². The first-order chi connectivity index (χ1) is 7.14. The van der Waals surface area contributed by atoms with Gasteiger partial charge in [-0.25, -0.2) is 0 Å². The van der Waals surface area contributed by atoms with Crippen LogP contribution in [0.5, 0.6) is 0 Å². The van der Waals surface area contributed by atoms with Crippen LogP contribution in [0, 0.1) is 6.92 Å². The Morgan fingerprint density at radius 2 is 2.20 bits per heavy atom. The Morgan fingerprint density at radius 3 is 2.87 bits per heavy atom. The van der Waals surface area contributed by atoms with E-state index in [1.54, 1.807) is 6.20 Å². The van der Waals surface area contributed by atoms with Gasteiger partial charge in [0.1, 0.15) is 0 Å². The molecule has 2 rings (SSSR count). The van der Waals surface area contributed by atoms with E-state index in [9.17, 15) is 0 Å². The van der Waals surface area contributed by atoms with E-state index in [0.717, 1.165) is 11.3 Å². The van der Waals surface area contributed by atoms with Crippen LogP contribution >= 0.6 is 0 Å². The molecule has 1 aromatic rings. The molecule has 0 aromatic carbocycles. The second-order valence-electron chi connectivity index (χ2n) is 3.84. The van der Waals surface area contributed by atoms with Gasteiger partial charge in [0, 0.05) is 17.9 Å². The molecular weight excluding hydrogens is 186 g/mol. The van der Waals surface area contributed by atoms with Crippen molar-refractivity contribution in [2.45, 2.75) is 18.5 Å². The van der Waals surface area contributed by atoms with Gasteiger partial charge in [-0.2, -0.15) is 0 Å². The van der Waals surface area contributed by atoms with Crippen LogP contribution in [-0.2, 0) is 5.54 Å². The average Bonchev–Trinajstić information content (AvgIpc) is 2.23. The second-order valence-corrected chi connectivity index (χ2v) is 3.84. The van der Waals surface area contributed by atoms with Gasteiger partial charge in [0.2, 0.25) is 0 Å². The summed E-state index contributed by atoms with van der Waals surface area (Å²) in [5, 5.41) is 0. The van der Waals surface area contributed by atoms with E-state index >= 15 is 0 Å². The van der Waals surface area contributed by atoms with Crippen molar-refractivity contribution in [3.05, 3.63) is 53.9 Å². The first kappa shape index (κ1) is 10.1. The minimum atomic E-state index is -0.632. The van der Waals surface area contributed by atoms with E-state index in [-0.39, 0.29) is 6.04 Å². The summed E-state index contributed by atoms with van der Waals surface area (Å²) in [4.78, 5) is 4.24. The van der Waals surface area contributed by atoms with Crippen LogP contribution in [0.1, 0.15) is 11.3 Å². The van der Waals surface area contributed by atoms with Crippen LogP contribution in [0.3, 0.4) is 0 Å². The average molecular weight is 201 g/mol. The number of aryl methyl sites for hydroxylation is 1. The molecule has 0 radical (unpaired) electrons. The van der Waals surface area contributed by atoms with Gasteiger partial charge >= 0.3 is 0 Å². The van der Waals surface area contributed by atoms with Crippen LogP contribution in [0.2, 0.25) is 0 Å². The Balaban J connectivity index is 2.50. The van der Waals surface area contributed by atoms with Crippen LogP contribution in [-0.4, -0.2) is 11.0 Å². The fourth-order valence-corrected chi connectivity index (χ4v) is 1.88. The van der Waals surface area contributed by atoms with E-state index in [1.165, 1.54) is 0 Å². The van der Waals surface area contributed by atoms with Crippen LogP contribution in [0.15, 0.2) is 42.6 Å². The number of nitrogens with zero attached hydrogens (tertiary/aromatic N) is 1. The quantitative estimate of drug-likeness (QED) is 0.712. The highest BCUT2D eigenvalue weighted by Gasteiger charge is 2.32. The molecule has 0 bridgehead atoms. The van der Waals surface area contributed by atoms with Gasteiger partial charge in [-0.1, -0.05) is 30.4 Å². The van der Waals surface area contributed by atoms with Crippen molar-refractivity contribution in [1.82, 2.24) is 4.98 Å². The fraction of sp³-hybridized carbons (Fsp3) is 0.250. The molecular formula is C12H15N3. The van der Waals surface area contributed by atoms with Crippen molar-refractivity contribution in [3.8, 4) is 0 Å². The molecule has 3 nitrogen and oxygen atoms in total. The van der Waals surface area contributed by atoms with Crippen molar-refractivity contribution < 1.29 is 0 Å². The van der Waals surface area contributed by atoms with Crippen molar-refractivity contribution >= 4 is 0 Å². The van der Waals surface area contributed by atoms with Gasteiger partial charge in [0.25, 0.3) is 0 Å². The number of hydrogen-bond acceptors (Lipinski definition) is 3. The van der Waals surface area contributed by atoms with E-state index in [2.05, 4.69) is 4.98 Å². The second kappa shape index (κ2) is 3.61. The van der Waals surface area contributed by atoms with Crippen LogP contribution in [0.25, 0.3) is 0 Å². The lowest BCUT2D eigenvalue weighted by Gasteiger charge is -2.33. The summed E-state index contributed by atoms with van der Waals surface area (Å²) in [5.74, 6) is 0. The fourth-order valence-electron chi connectivity index (χ4n) is 1.88. The van der Waals surface area contributed by atoms with Gasteiger partial charge in [0.15, 0.2) is 0 Å². The van der Waals surface area contributed by atoms with Crippen molar-refractivity contribution in [1.29, 1.82) is 0 Å². The minimum absolute atomic E-state index is 0.203. The monoisotopic (exact) mass is 201 g/mol. The maximum absolute atomic E-state index is 6.32. The molecule has 1 heterocycles. The van der Waals surface area contributed by atoms with Gasteiger partial charge in [-0.05, 0) is 18.6 Å². The zero-order valence-corrected chi connectivity index (χ0v) is 8.72. The highest BCUT2D eigenvalue weighted by molar-refractivity contribution is 5.39. The Hall–Kier alpha value is -1.45. The summed E-state index contributed by atoms with van der Waals surface area (Å²) in [5.41, 5.74) is 13.6. The number of allylic oxidation sites excluding steroid dienone is 2. The predicted octanol–water partition coefficient (Wildman–Crippen LogP) is 0.997. The molecule has 0 saturated carbocycles. The first-order valence-electron chi connectivity index (χ1n) is 4.97. The highest BCUT2D eigenvalue weighted by Crippen LogP contribution is 2.27. The predicted molar refractivity (Wildman–Crippen MR) is 61.1 cm³/mol. The molecule has 2 atom stereocenters. The third-order valence-corrected chi connectivity index (χ3v) is 2.83. The van der Waals surface area contributed by atoms with Crippen LogP contribution < -0.4 is 11.5 Å². The maximum atomic E-state index is 6.32. The molecule has 4 N–H and O–H groups in total. The summed E-state index contributed by atoms with van der Waals surface area (Å²) in [6.45, 7) is 1.95. The van der Waals surface area contributed by atoms with Crippen LogP contribution in [0.4, 0.5) is 0 Å². The molecule has 2 unspecified atom stereocenters. The third-order valence-electron chi connectivity index (χ3n) is 2.83. The lowest BCUT2D eigenvalue weighted by molar-refractivity contribution is 0.488. The SMILES string of the molecule is Cc1ncccc1C1(N)C=CC=CC1N. The number of pyridine rings is 1. The molecule has 0 aliphatic heterocycles. The topological polar surface area (TPSA) is 64.9 Å². The lowest BCUT2D eigenvalue weighted by atomic mass is 9.80. The summed E-state index contributed by atoms with van der Waals surface area (Å²) < 4.78 is 0. The Labute approximate surface area is 89.5 Å². The standard InChI is InChI=1S/C12H15N3/c1-9-10(5-4-8-15-9)12(14)7-3-2-6-11(12)13/h2-8,11H,13-14H2,1H3.